The van der Waals surface area contributed by atoms with Gasteiger partial charge in [0, 0.05) is 13.1 Å². The van der Waals surface area contributed by atoms with Crippen LogP contribution in [0.4, 0.5) is 0 Å². The molecule has 0 aromatic rings. The molecule has 0 aromatic heterocycles. The molecule has 0 unspecified atom stereocenters. The molecule has 1 heterocycles. The van der Waals surface area contributed by atoms with E-state index in [0.29, 0.717) is 13.1 Å². The SMILES string of the molecule is O=C(O)[C@@H]1CNC[C@@H](C(=O)O)C1. The molecular weight excluding hydrogens is 162 g/mol. The minimum Gasteiger partial charge on any atom is -0.481 e. The zero-order chi connectivity index (χ0) is 9.14. The Labute approximate surface area is 69.4 Å². The lowest BCUT2D eigenvalue weighted by Gasteiger charge is -2.24. The van der Waals surface area contributed by atoms with E-state index in [1.165, 1.54) is 0 Å². The number of carboxylic acids is 2. The van der Waals surface area contributed by atoms with Gasteiger partial charge in [-0.2, -0.15) is 0 Å². The van der Waals surface area contributed by atoms with Crippen LogP contribution in [0, 0.1) is 11.8 Å². The molecule has 0 saturated carbocycles. The van der Waals surface area contributed by atoms with Gasteiger partial charge in [-0.3, -0.25) is 9.59 Å². The van der Waals surface area contributed by atoms with Crippen molar-refractivity contribution in [3.63, 3.8) is 0 Å². The number of piperidine rings is 1. The van der Waals surface area contributed by atoms with Gasteiger partial charge in [0.15, 0.2) is 0 Å². The minimum absolute atomic E-state index is 0.234. The van der Waals surface area contributed by atoms with Crippen molar-refractivity contribution in [3.05, 3.63) is 0 Å². The summed E-state index contributed by atoms with van der Waals surface area (Å²) in [5, 5.41) is 20.0. The Kier molecular flexibility index (Phi) is 2.65. The number of nitrogens with one attached hydrogen (secondary N) is 1. The van der Waals surface area contributed by atoms with E-state index >= 15 is 0 Å². The van der Waals surface area contributed by atoms with Gasteiger partial charge < -0.3 is 15.5 Å². The highest BCUT2D eigenvalue weighted by atomic mass is 16.4. The van der Waals surface area contributed by atoms with E-state index in [9.17, 15) is 9.59 Å². The summed E-state index contributed by atoms with van der Waals surface area (Å²) in [5.74, 6) is -2.96. The van der Waals surface area contributed by atoms with Gasteiger partial charge in [0.05, 0.1) is 11.8 Å². The molecule has 0 spiro atoms. The fourth-order valence-corrected chi connectivity index (χ4v) is 1.32. The molecule has 5 heteroatoms. The molecular formula is C7H11NO4. The van der Waals surface area contributed by atoms with E-state index < -0.39 is 23.8 Å². The van der Waals surface area contributed by atoms with Crippen molar-refractivity contribution in [3.8, 4) is 0 Å². The van der Waals surface area contributed by atoms with Crippen LogP contribution in [-0.2, 0) is 9.59 Å². The molecule has 3 N–H and O–H groups in total. The Bertz CT molecular complexity index is 184. The summed E-state index contributed by atoms with van der Waals surface area (Å²) >= 11 is 0. The molecule has 1 fully saturated rings. The van der Waals surface area contributed by atoms with Crippen molar-refractivity contribution in [2.45, 2.75) is 6.42 Å². The van der Waals surface area contributed by atoms with Crippen molar-refractivity contribution in [1.82, 2.24) is 5.32 Å². The van der Waals surface area contributed by atoms with Crippen LogP contribution in [0.5, 0.6) is 0 Å². The third-order valence-corrected chi connectivity index (χ3v) is 2.05. The molecule has 68 valence electrons. The largest absolute Gasteiger partial charge is 0.481 e. The number of hydrogen-bond acceptors (Lipinski definition) is 3. The fraction of sp³-hybridized carbons (Fsp3) is 0.714. The smallest absolute Gasteiger partial charge is 0.307 e. The van der Waals surface area contributed by atoms with Gasteiger partial charge >= 0.3 is 11.9 Å². The number of aliphatic carboxylic acids is 2. The number of hydrogen-bond donors (Lipinski definition) is 3. The molecule has 2 atom stereocenters. The van der Waals surface area contributed by atoms with Crippen LogP contribution >= 0.6 is 0 Å². The zero-order valence-corrected chi connectivity index (χ0v) is 6.49. The lowest BCUT2D eigenvalue weighted by molar-refractivity contribution is -0.146. The van der Waals surface area contributed by atoms with Crippen molar-refractivity contribution < 1.29 is 19.8 Å². The van der Waals surface area contributed by atoms with E-state index in [-0.39, 0.29) is 6.42 Å². The predicted molar refractivity (Wildman–Crippen MR) is 39.7 cm³/mol. The highest BCUT2D eigenvalue weighted by Crippen LogP contribution is 2.16. The van der Waals surface area contributed by atoms with Crippen molar-refractivity contribution >= 4 is 11.9 Å². The monoisotopic (exact) mass is 173 g/mol. The molecule has 5 nitrogen and oxygen atoms in total. The number of carbonyl (C=O) groups is 2. The first-order chi connectivity index (χ1) is 5.61. The summed E-state index contributed by atoms with van der Waals surface area (Å²) in [6, 6.07) is 0. The van der Waals surface area contributed by atoms with Crippen LogP contribution in [0.3, 0.4) is 0 Å². The zero-order valence-electron chi connectivity index (χ0n) is 6.49. The molecule has 0 aromatic carbocycles. The van der Waals surface area contributed by atoms with Crippen LogP contribution in [-0.4, -0.2) is 35.2 Å². The molecule has 0 aliphatic carbocycles. The molecule has 1 aliphatic rings. The number of carboxylic acid groups (broad SMARTS) is 2. The highest BCUT2D eigenvalue weighted by molar-refractivity contribution is 5.74. The molecule has 1 saturated heterocycles. The molecule has 1 rings (SSSR count). The van der Waals surface area contributed by atoms with E-state index in [0.717, 1.165) is 0 Å². The Morgan fingerprint density at radius 2 is 1.50 bits per heavy atom. The second kappa shape index (κ2) is 3.53. The normalized spacial score (nSPS) is 29.7. The first-order valence-electron chi connectivity index (χ1n) is 3.77. The van der Waals surface area contributed by atoms with Gasteiger partial charge in [-0.1, -0.05) is 0 Å². The van der Waals surface area contributed by atoms with Crippen LogP contribution in [0.1, 0.15) is 6.42 Å². The van der Waals surface area contributed by atoms with Crippen molar-refractivity contribution in [2.24, 2.45) is 11.8 Å². The second-order valence-electron chi connectivity index (χ2n) is 2.96. The van der Waals surface area contributed by atoms with E-state index in [4.69, 9.17) is 10.2 Å². The maximum atomic E-state index is 10.5. The van der Waals surface area contributed by atoms with Crippen LogP contribution in [0.25, 0.3) is 0 Å². The molecule has 12 heavy (non-hydrogen) atoms. The predicted octanol–water partition coefficient (Wildman–Crippen LogP) is -0.619. The molecule has 0 amide bonds. The molecule has 1 aliphatic heterocycles. The van der Waals surface area contributed by atoms with Gasteiger partial charge in [0.1, 0.15) is 0 Å². The van der Waals surface area contributed by atoms with Gasteiger partial charge in [-0.25, -0.2) is 0 Å². The van der Waals surface area contributed by atoms with Crippen LogP contribution < -0.4 is 5.32 Å². The Hall–Kier alpha value is -1.10. The summed E-state index contributed by atoms with van der Waals surface area (Å²) in [6.45, 7) is 0.748. The third-order valence-electron chi connectivity index (χ3n) is 2.05. The van der Waals surface area contributed by atoms with Crippen LogP contribution in [0.15, 0.2) is 0 Å². The van der Waals surface area contributed by atoms with Gasteiger partial charge in [0.25, 0.3) is 0 Å². The first-order valence-corrected chi connectivity index (χ1v) is 3.77. The lowest BCUT2D eigenvalue weighted by atomic mass is 9.91. The third kappa shape index (κ3) is 1.94. The summed E-state index contributed by atoms with van der Waals surface area (Å²) < 4.78 is 0. The van der Waals surface area contributed by atoms with Crippen LogP contribution in [0.2, 0.25) is 0 Å². The van der Waals surface area contributed by atoms with Crippen molar-refractivity contribution in [1.29, 1.82) is 0 Å². The standard InChI is InChI=1S/C7H11NO4/c9-6(10)4-1-5(7(11)12)3-8-2-4/h4-5,8H,1-3H2,(H,9,10)(H,11,12)/t4-,5-/m0/s1. The van der Waals surface area contributed by atoms with E-state index in [1.807, 2.05) is 0 Å². The van der Waals surface area contributed by atoms with Gasteiger partial charge in [-0.15, -0.1) is 0 Å². The maximum Gasteiger partial charge on any atom is 0.307 e. The van der Waals surface area contributed by atoms with Gasteiger partial charge in [0.2, 0.25) is 0 Å². The Morgan fingerprint density at radius 3 is 1.83 bits per heavy atom. The Morgan fingerprint density at radius 1 is 1.08 bits per heavy atom. The summed E-state index contributed by atoms with van der Waals surface area (Å²) in [6.07, 6.45) is 0.234. The first kappa shape index (κ1) is 8.99. The summed E-state index contributed by atoms with van der Waals surface area (Å²) in [7, 11) is 0. The maximum absolute atomic E-state index is 10.5. The fourth-order valence-electron chi connectivity index (χ4n) is 1.32. The quantitative estimate of drug-likeness (QED) is 0.518. The average molecular weight is 173 g/mol. The van der Waals surface area contributed by atoms with Crippen molar-refractivity contribution in [2.75, 3.05) is 13.1 Å². The summed E-state index contributed by atoms with van der Waals surface area (Å²) in [5.41, 5.74) is 0. The van der Waals surface area contributed by atoms with E-state index in [1.54, 1.807) is 0 Å². The minimum atomic E-state index is -0.923. The van der Waals surface area contributed by atoms with Gasteiger partial charge in [-0.05, 0) is 6.42 Å². The summed E-state index contributed by atoms with van der Waals surface area (Å²) in [4.78, 5) is 21.0. The Balaban J connectivity index is 2.51. The topological polar surface area (TPSA) is 86.6 Å². The lowest BCUT2D eigenvalue weighted by Crippen LogP contribution is -2.42. The second-order valence-corrected chi connectivity index (χ2v) is 2.96. The average Bonchev–Trinajstić information content (AvgIpc) is 2.04. The highest BCUT2D eigenvalue weighted by Gasteiger charge is 2.30. The van der Waals surface area contributed by atoms with E-state index in [2.05, 4.69) is 5.32 Å². The molecule has 0 radical (unpaired) electrons. The number of rotatable bonds is 2. The molecule has 0 bridgehead atoms.